The molecule has 3 atom stereocenters. The van der Waals surface area contributed by atoms with Gasteiger partial charge in [-0.25, -0.2) is 4.99 Å². The van der Waals surface area contributed by atoms with E-state index >= 15 is 0 Å². The third kappa shape index (κ3) is 1.82. The van der Waals surface area contributed by atoms with E-state index in [9.17, 15) is 10.5 Å². The van der Waals surface area contributed by atoms with Crippen LogP contribution in [0.3, 0.4) is 0 Å². The van der Waals surface area contributed by atoms with Gasteiger partial charge in [0, 0.05) is 0 Å². The van der Waals surface area contributed by atoms with Gasteiger partial charge in [0.1, 0.15) is 0 Å². The molecule has 1 heterocycles. The highest BCUT2D eigenvalue weighted by Crippen LogP contribution is 2.82. The quantitative estimate of drug-likeness (QED) is 0.641. The van der Waals surface area contributed by atoms with E-state index in [4.69, 9.17) is 24.7 Å². The van der Waals surface area contributed by atoms with Crippen LogP contribution in [0.25, 0.3) is 0 Å². The molecule has 3 rings (SSSR count). The minimum Gasteiger partial charge on any atom is -0.493 e. The second-order valence-electron chi connectivity index (χ2n) is 6.94. The zero-order chi connectivity index (χ0) is 20.8. The highest BCUT2D eigenvalue weighted by molar-refractivity contribution is 5.97. The first-order valence-electron chi connectivity index (χ1n) is 9.10. The minimum absolute atomic E-state index is 0.163. The summed E-state index contributed by atoms with van der Waals surface area (Å²) in [6.07, 6.45) is 0. The van der Waals surface area contributed by atoms with Gasteiger partial charge in [0.2, 0.25) is 0 Å². The predicted octanol–water partition coefficient (Wildman–Crippen LogP) is 0.173. The molecule has 0 radical (unpaired) electrons. The fourth-order valence-electron chi connectivity index (χ4n) is 4.97. The largest absolute Gasteiger partial charge is 0.493 e. The number of hydrogen-bond donors (Lipinski definition) is 2. The maximum Gasteiger partial charge on any atom is 0.343 e. The molecule has 1 aromatic carbocycles. The highest BCUT2D eigenvalue weighted by atomic mass is 16.7. The van der Waals surface area contributed by atoms with Crippen molar-refractivity contribution in [3.05, 3.63) is 23.8 Å². The number of nitriles is 2. The van der Waals surface area contributed by atoms with Crippen LogP contribution in [0.5, 0.6) is 11.5 Å². The van der Waals surface area contributed by atoms with Gasteiger partial charge in [0.25, 0.3) is 5.84 Å². The molecule has 1 aliphatic carbocycles. The summed E-state index contributed by atoms with van der Waals surface area (Å²) in [5.74, 6) is -0.325. The van der Waals surface area contributed by atoms with Crippen molar-refractivity contribution in [2.45, 2.75) is 32.1 Å². The second-order valence-corrected chi connectivity index (χ2v) is 6.94. The number of nitrogens with one attached hydrogen (secondary N) is 1. The van der Waals surface area contributed by atoms with Crippen molar-refractivity contribution in [1.29, 1.82) is 10.5 Å². The fourth-order valence-corrected chi connectivity index (χ4v) is 4.97. The zero-order valence-electron chi connectivity index (χ0n) is 16.8. The molecule has 8 heteroatoms. The number of hydrogen-bond acceptors (Lipinski definition) is 7. The van der Waals surface area contributed by atoms with Crippen LogP contribution >= 0.6 is 0 Å². The molecule has 3 N–H and O–H groups in total. The van der Waals surface area contributed by atoms with Crippen LogP contribution in [0.2, 0.25) is 0 Å². The smallest absolute Gasteiger partial charge is 0.343 e. The van der Waals surface area contributed by atoms with Gasteiger partial charge in [-0.05, 0) is 31.5 Å². The van der Waals surface area contributed by atoms with E-state index in [0.717, 1.165) is 0 Å². The van der Waals surface area contributed by atoms with Crippen molar-refractivity contribution in [3.63, 3.8) is 0 Å². The van der Waals surface area contributed by atoms with Crippen LogP contribution in [-0.2, 0) is 14.9 Å². The van der Waals surface area contributed by atoms with Gasteiger partial charge < -0.3 is 18.9 Å². The first-order valence-corrected chi connectivity index (χ1v) is 9.10. The normalized spacial score (nSPS) is 31.9. The van der Waals surface area contributed by atoms with E-state index in [2.05, 4.69) is 17.1 Å². The third-order valence-electron chi connectivity index (χ3n) is 6.19. The lowest BCUT2D eigenvalue weighted by molar-refractivity contribution is -0.694. The Labute approximate surface area is 164 Å². The summed E-state index contributed by atoms with van der Waals surface area (Å²) in [7, 11) is 3.08. The van der Waals surface area contributed by atoms with Gasteiger partial charge in [0.05, 0.1) is 45.0 Å². The van der Waals surface area contributed by atoms with Gasteiger partial charge in [-0.1, -0.05) is 13.0 Å². The van der Waals surface area contributed by atoms with Crippen molar-refractivity contribution < 1.29 is 23.9 Å². The summed E-state index contributed by atoms with van der Waals surface area (Å²) in [4.78, 5) is 2.98. The van der Waals surface area contributed by atoms with Crippen LogP contribution in [0.15, 0.2) is 18.2 Å². The summed E-state index contributed by atoms with van der Waals surface area (Å²) in [6, 6.07) is 9.98. The Kier molecular flexibility index (Phi) is 4.54. The number of benzene rings is 1. The van der Waals surface area contributed by atoms with Crippen molar-refractivity contribution in [2.24, 2.45) is 16.6 Å². The third-order valence-corrected chi connectivity index (χ3v) is 6.19. The predicted molar refractivity (Wildman–Crippen MR) is 99.1 cm³/mol. The molecule has 2 aliphatic rings. The molecule has 0 aromatic heterocycles. The van der Waals surface area contributed by atoms with Crippen molar-refractivity contribution >= 4 is 5.84 Å². The second kappa shape index (κ2) is 6.37. The number of rotatable bonds is 7. The van der Waals surface area contributed by atoms with Crippen molar-refractivity contribution in [1.82, 2.24) is 0 Å². The van der Waals surface area contributed by atoms with Gasteiger partial charge in [-0.15, -0.1) is 0 Å². The molecule has 8 nitrogen and oxygen atoms in total. The minimum atomic E-state index is -1.53. The van der Waals surface area contributed by atoms with Crippen LogP contribution < -0.4 is 20.2 Å². The molecule has 1 aromatic rings. The van der Waals surface area contributed by atoms with E-state index in [0.29, 0.717) is 17.1 Å². The van der Waals surface area contributed by atoms with Crippen LogP contribution in [0.1, 0.15) is 26.3 Å². The summed E-state index contributed by atoms with van der Waals surface area (Å²) in [6.45, 7) is 5.97. The highest BCUT2D eigenvalue weighted by Gasteiger charge is 3.03. The molecule has 1 fully saturated rings. The number of amidine groups is 1. The number of methoxy groups -OCH3 is 2. The first-order chi connectivity index (χ1) is 13.4. The van der Waals surface area contributed by atoms with E-state index in [-0.39, 0.29) is 19.0 Å². The molecule has 0 spiro atoms. The number of nitrogens with two attached hydrogens (primary N) is 1. The van der Waals surface area contributed by atoms with Gasteiger partial charge in [-0.3, -0.25) is 5.73 Å². The first kappa shape index (κ1) is 19.9. The molecule has 1 saturated carbocycles. The van der Waals surface area contributed by atoms with E-state index in [1.165, 1.54) is 7.11 Å². The molecule has 0 unspecified atom stereocenters. The van der Waals surface area contributed by atoms with Crippen LogP contribution in [0.4, 0.5) is 0 Å². The van der Waals surface area contributed by atoms with E-state index < -0.39 is 22.2 Å². The monoisotopic (exact) mass is 385 g/mol. The van der Waals surface area contributed by atoms with E-state index in [1.54, 1.807) is 33.1 Å². The molecule has 0 bridgehead atoms. The van der Waals surface area contributed by atoms with E-state index in [1.807, 2.05) is 13.0 Å². The summed E-state index contributed by atoms with van der Waals surface area (Å²) in [5, 5.41) is 20.6. The topological polar surface area (TPSA) is 124 Å². The van der Waals surface area contributed by atoms with Crippen LogP contribution in [-0.4, -0.2) is 39.2 Å². The summed E-state index contributed by atoms with van der Waals surface area (Å²) >= 11 is 0. The lowest BCUT2D eigenvalue weighted by Gasteiger charge is -2.32. The molecule has 148 valence electrons. The standard InChI is InChI=1S/C20H24N4O4/c1-6-27-20(28-7-2)19(12-22)17(3,18(19,11-21)16(23)24-20)13-8-9-14(25-4)15(10-13)26-5/h8-10H,6-7H2,1-5H3,(H2,23,24)/p+1/t17-,18-,19+/m0/s1. The number of fused-ring (bicyclic) bond motifs is 1. The molecule has 28 heavy (non-hydrogen) atoms. The molecular weight excluding hydrogens is 360 g/mol. The SMILES string of the molecule is CCOC1(OCC)[NH+]=C(N)[C@@]2(C#N)[C@](C)(c3ccc(OC)c(OC)c3)[C@@]12C#N. The Morgan fingerprint density at radius 2 is 1.64 bits per heavy atom. The molecule has 1 aliphatic heterocycles. The number of ether oxygens (including phenoxy) is 4. The fraction of sp³-hybridized carbons (Fsp3) is 0.550. The van der Waals surface area contributed by atoms with Crippen LogP contribution in [0, 0.1) is 33.5 Å². The lowest BCUT2D eigenvalue weighted by atomic mass is 9.84. The molecular formula is C20H25N4O4+. The van der Waals surface area contributed by atoms with Gasteiger partial charge in [0.15, 0.2) is 22.3 Å². The maximum atomic E-state index is 10.4. The molecule has 0 amide bonds. The Morgan fingerprint density at radius 1 is 1.04 bits per heavy atom. The average Bonchev–Trinajstić information content (AvgIpc) is 3.13. The summed E-state index contributed by atoms with van der Waals surface area (Å²) in [5.41, 5.74) is 3.30. The van der Waals surface area contributed by atoms with Gasteiger partial charge >= 0.3 is 5.91 Å². The Balaban J connectivity index is 2.30. The van der Waals surface area contributed by atoms with Crippen molar-refractivity contribution in [3.8, 4) is 23.6 Å². The van der Waals surface area contributed by atoms with Gasteiger partial charge in [-0.2, -0.15) is 10.5 Å². The Hall–Kier alpha value is -2.81. The lowest BCUT2D eigenvalue weighted by Crippen LogP contribution is -2.91. The average molecular weight is 385 g/mol. The Bertz CT molecular complexity index is 912. The number of nitrogens with zero attached hydrogens (tertiary/aromatic N) is 2. The molecule has 0 saturated heterocycles. The summed E-state index contributed by atoms with van der Waals surface area (Å²) < 4.78 is 22.6. The maximum absolute atomic E-state index is 10.4. The zero-order valence-corrected chi connectivity index (χ0v) is 16.8. The Morgan fingerprint density at radius 3 is 2.11 bits per heavy atom. The van der Waals surface area contributed by atoms with Crippen molar-refractivity contribution in [2.75, 3.05) is 27.4 Å².